The number of hydrogen-bond donors (Lipinski definition) is 1. The van der Waals surface area contributed by atoms with Crippen molar-refractivity contribution in [1.29, 1.82) is 0 Å². The van der Waals surface area contributed by atoms with Crippen molar-refractivity contribution in [3.05, 3.63) is 0 Å². The van der Waals surface area contributed by atoms with Crippen LogP contribution in [0.5, 0.6) is 0 Å². The summed E-state index contributed by atoms with van der Waals surface area (Å²) in [6.07, 6.45) is 1.02. The predicted octanol–water partition coefficient (Wildman–Crippen LogP) is 0.292. The normalized spacial score (nSPS) is 10.9. The van der Waals surface area contributed by atoms with Crippen molar-refractivity contribution >= 4 is 0 Å². The lowest BCUT2D eigenvalue weighted by Gasteiger charge is -2.06. The average molecular weight is 235 g/mol. The monoisotopic (exact) mass is 235 g/mol. The Kier molecular flexibility index (Phi) is 14.6. The molecule has 0 spiro atoms. The molecular weight excluding hydrogens is 210 g/mol. The second-order valence-electron chi connectivity index (χ2n) is 3.31. The van der Waals surface area contributed by atoms with E-state index in [1.165, 1.54) is 0 Å². The Labute approximate surface area is 98.4 Å². The highest BCUT2D eigenvalue weighted by Gasteiger charge is 1.91. The van der Waals surface area contributed by atoms with Gasteiger partial charge in [0.15, 0.2) is 0 Å². The van der Waals surface area contributed by atoms with E-state index in [1.54, 1.807) is 14.2 Å². The molecule has 0 radical (unpaired) electrons. The third kappa shape index (κ3) is 13.8. The summed E-state index contributed by atoms with van der Waals surface area (Å²) in [6.45, 7) is 5.97. The van der Waals surface area contributed by atoms with Crippen LogP contribution in [0.4, 0.5) is 0 Å². The Morgan fingerprint density at radius 1 is 0.688 bits per heavy atom. The lowest BCUT2D eigenvalue weighted by Crippen LogP contribution is -2.21. The molecule has 0 amide bonds. The smallest absolute Gasteiger partial charge is 0.0701 e. The zero-order valence-electron chi connectivity index (χ0n) is 10.5. The van der Waals surface area contributed by atoms with E-state index in [0.717, 1.165) is 32.7 Å². The van der Waals surface area contributed by atoms with Crippen LogP contribution in [0.3, 0.4) is 0 Å². The largest absolute Gasteiger partial charge is 0.383 e. The minimum Gasteiger partial charge on any atom is -0.383 e. The van der Waals surface area contributed by atoms with Gasteiger partial charge in [0.1, 0.15) is 0 Å². The molecule has 0 fully saturated rings. The first kappa shape index (κ1) is 15.8. The van der Waals surface area contributed by atoms with Crippen LogP contribution in [-0.4, -0.2) is 67.0 Å². The fraction of sp³-hybridized carbons (Fsp3) is 1.00. The van der Waals surface area contributed by atoms with E-state index in [2.05, 4.69) is 5.32 Å². The van der Waals surface area contributed by atoms with Gasteiger partial charge in [-0.3, -0.25) is 0 Å². The molecule has 0 heterocycles. The first-order valence-electron chi connectivity index (χ1n) is 5.76. The highest BCUT2D eigenvalue weighted by atomic mass is 16.5. The fourth-order valence-electron chi connectivity index (χ4n) is 1.06. The van der Waals surface area contributed by atoms with Gasteiger partial charge >= 0.3 is 0 Å². The topological polar surface area (TPSA) is 49.0 Å². The molecule has 0 aromatic rings. The molecule has 1 N–H and O–H groups in total. The lowest BCUT2D eigenvalue weighted by molar-refractivity contribution is 0.0243. The Morgan fingerprint density at radius 2 is 1.31 bits per heavy atom. The van der Waals surface area contributed by atoms with Crippen molar-refractivity contribution in [3.63, 3.8) is 0 Å². The maximum Gasteiger partial charge on any atom is 0.0701 e. The molecule has 0 unspecified atom stereocenters. The van der Waals surface area contributed by atoms with E-state index in [0.29, 0.717) is 26.4 Å². The molecule has 0 aromatic carbocycles. The van der Waals surface area contributed by atoms with Crippen molar-refractivity contribution in [2.24, 2.45) is 0 Å². The molecule has 0 aliphatic heterocycles. The first-order valence-corrected chi connectivity index (χ1v) is 5.76. The molecule has 0 aliphatic rings. The van der Waals surface area contributed by atoms with Crippen molar-refractivity contribution in [2.45, 2.75) is 6.42 Å². The van der Waals surface area contributed by atoms with E-state index in [-0.39, 0.29) is 0 Å². The van der Waals surface area contributed by atoms with Crippen molar-refractivity contribution < 1.29 is 18.9 Å². The van der Waals surface area contributed by atoms with Gasteiger partial charge in [-0.1, -0.05) is 0 Å². The first-order chi connectivity index (χ1) is 7.91. The molecule has 16 heavy (non-hydrogen) atoms. The van der Waals surface area contributed by atoms with Crippen LogP contribution < -0.4 is 5.32 Å². The van der Waals surface area contributed by atoms with Crippen LogP contribution in [-0.2, 0) is 18.9 Å². The maximum atomic E-state index is 5.38. The number of methoxy groups -OCH3 is 2. The van der Waals surface area contributed by atoms with Crippen molar-refractivity contribution in [2.75, 3.05) is 67.0 Å². The van der Waals surface area contributed by atoms with E-state index in [4.69, 9.17) is 18.9 Å². The van der Waals surface area contributed by atoms with Gasteiger partial charge in [-0.15, -0.1) is 0 Å². The SMILES string of the molecule is COCCNCCCOCCOCCOC. The second kappa shape index (κ2) is 14.8. The Morgan fingerprint density at radius 3 is 2.00 bits per heavy atom. The molecule has 0 rings (SSSR count). The van der Waals surface area contributed by atoms with E-state index in [9.17, 15) is 0 Å². The summed E-state index contributed by atoms with van der Waals surface area (Å²) < 4.78 is 20.4. The maximum absolute atomic E-state index is 5.38. The van der Waals surface area contributed by atoms with Gasteiger partial charge in [-0.2, -0.15) is 0 Å². The summed E-state index contributed by atoms with van der Waals surface area (Å²) in [4.78, 5) is 0. The Hall–Kier alpha value is -0.200. The molecule has 0 saturated carbocycles. The van der Waals surface area contributed by atoms with Crippen LogP contribution in [0.2, 0.25) is 0 Å². The van der Waals surface area contributed by atoms with Gasteiger partial charge in [-0.25, -0.2) is 0 Å². The van der Waals surface area contributed by atoms with Crippen molar-refractivity contribution in [3.8, 4) is 0 Å². The summed E-state index contributed by atoms with van der Waals surface area (Å²) >= 11 is 0. The van der Waals surface area contributed by atoms with Crippen LogP contribution in [0, 0.1) is 0 Å². The molecule has 0 saturated heterocycles. The van der Waals surface area contributed by atoms with E-state index in [1.807, 2.05) is 0 Å². The minimum atomic E-state index is 0.637. The number of rotatable bonds is 13. The second-order valence-corrected chi connectivity index (χ2v) is 3.31. The van der Waals surface area contributed by atoms with E-state index < -0.39 is 0 Å². The van der Waals surface area contributed by atoms with Crippen LogP contribution >= 0.6 is 0 Å². The van der Waals surface area contributed by atoms with Gasteiger partial charge in [0.25, 0.3) is 0 Å². The molecule has 0 aromatic heterocycles. The predicted molar refractivity (Wildman–Crippen MR) is 62.9 cm³/mol. The third-order valence-corrected chi connectivity index (χ3v) is 1.93. The van der Waals surface area contributed by atoms with Gasteiger partial charge in [0.2, 0.25) is 0 Å². The fourth-order valence-corrected chi connectivity index (χ4v) is 1.06. The third-order valence-electron chi connectivity index (χ3n) is 1.93. The summed E-state index contributed by atoms with van der Waals surface area (Å²) in [5.74, 6) is 0. The quantitative estimate of drug-likeness (QED) is 0.465. The van der Waals surface area contributed by atoms with Gasteiger partial charge in [0, 0.05) is 27.4 Å². The summed E-state index contributed by atoms with van der Waals surface area (Å²) in [7, 11) is 3.37. The molecule has 0 atom stereocenters. The number of ether oxygens (including phenoxy) is 4. The minimum absolute atomic E-state index is 0.637. The highest BCUT2D eigenvalue weighted by Crippen LogP contribution is 1.83. The average Bonchev–Trinajstić information content (AvgIpc) is 2.31. The van der Waals surface area contributed by atoms with Crippen molar-refractivity contribution in [1.82, 2.24) is 5.32 Å². The zero-order valence-corrected chi connectivity index (χ0v) is 10.5. The summed E-state index contributed by atoms with van der Waals surface area (Å²) in [5, 5.41) is 3.25. The van der Waals surface area contributed by atoms with E-state index >= 15 is 0 Å². The Bertz CT molecular complexity index is 111. The van der Waals surface area contributed by atoms with Crippen LogP contribution in [0.1, 0.15) is 6.42 Å². The van der Waals surface area contributed by atoms with Crippen LogP contribution in [0.15, 0.2) is 0 Å². The molecule has 0 aliphatic carbocycles. The Balaban J connectivity index is 2.83. The zero-order chi connectivity index (χ0) is 11.9. The molecule has 5 heteroatoms. The summed E-state index contributed by atoms with van der Waals surface area (Å²) in [5.41, 5.74) is 0. The van der Waals surface area contributed by atoms with Gasteiger partial charge < -0.3 is 24.3 Å². The summed E-state index contributed by atoms with van der Waals surface area (Å²) in [6, 6.07) is 0. The molecular formula is C11H25NO4. The standard InChI is InChI=1S/C11H25NO4/c1-13-7-5-12-4-3-6-15-10-11-16-9-8-14-2/h12H,3-11H2,1-2H3. The lowest BCUT2D eigenvalue weighted by atomic mass is 10.4. The highest BCUT2D eigenvalue weighted by molar-refractivity contribution is 4.45. The molecule has 5 nitrogen and oxygen atoms in total. The van der Waals surface area contributed by atoms with Gasteiger partial charge in [0.05, 0.1) is 33.0 Å². The molecule has 0 bridgehead atoms. The van der Waals surface area contributed by atoms with Crippen LogP contribution in [0.25, 0.3) is 0 Å². The number of nitrogens with one attached hydrogen (secondary N) is 1. The van der Waals surface area contributed by atoms with Gasteiger partial charge in [-0.05, 0) is 13.0 Å². The number of hydrogen-bond acceptors (Lipinski definition) is 5. The molecule has 98 valence electrons.